The van der Waals surface area contributed by atoms with Gasteiger partial charge in [0.2, 0.25) is 10.0 Å². The Bertz CT molecular complexity index is 518. The maximum Gasteiger partial charge on any atom is 0.244 e. The second kappa shape index (κ2) is 5.50. The maximum atomic E-state index is 12.6. The van der Waals surface area contributed by atoms with Crippen LogP contribution < -0.4 is 5.73 Å². The quantitative estimate of drug-likeness (QED) is 0.918. The third kappa shape index (κ3) is 2.60. The normalized spacial score (nSPS) is 20.8. The van der Waals surface area contributed by atoms with Gasteiger partial charge in [0.05, 0.1) is 4.90 Å². The van der Waals surface area contributed by atoms with E-state index in [4.69, 9.17) is 5.73 Å². The maximum absolute atomic E-state index is 12.6. The highest BCUT2D eigenvalue weighted by molar-refractivity contribution is 7.99. The number of thiophene rings is 1. The molecule has 2 rings (SSSR count). The molecule has 0 aromatic carbocycles. The zero-order valence-corrected chi connectivity index (χ0v) is 13.0. The molecule has 0 aliphatic carbocycles. The Kier molecular flexibility index (Phi) is 4.38. The Morgan fingerprint density at radius 1 is 1.56 bits per heavy atom. The minimum absolute atomic E-state index is 0.126. The Labute approximate surface area is 117 Å². The zero-order valence-electron chi connectivity index (χ0n) is 10.5. The van der Waals surface area contributed by atoms with Crippen LogP contribution in [0.3, 0.4) is 0 Å². The summed E-state index contributed by atoms with van der Waals surface area (Å²) in [6.07, 6.45) is 0.938. The second-order valence-electron chi connectivity index (χ2n) is 4.38. The Balaban J connectivity index is 2.31. The minimum atomic E-state index is -3.37. The summed E-state index contributed by atoms with van der Waals surface area (Å²) in [6, 6.07) is 1.84. The van der Waals surface area contributed by atoms with Crippen molar-refractivity contribution in [1.29, 1.82) is 0 Å². The van der Waals surface area contributed by atoms with Gasteiger partial charge in [-0.1, -0.05) is 0 Å². The molecule has 1 aliphatic rings. The predicted octanol–water partition coefficient (Wildman–Crippen LogP) is 1.64. The van der Waals surface area contributed by atoms with Gasteiger partial charge in [-0.25, -0.2) is 8.42 Å². The molecule has 0 spiro atoms. The average molecular weight is 306 g/mol. The molecule has 1 aromatic rings. The Hall–Kier alpha value is -0.0800. The van der Waals surface area contributed by atoms with E-state index in [0.29, 0.717) is 11.4 Å². The first-order valence-corrected chi connectivity index (χ1v) is 9.23. The molecule has 0 radical (unpaired) electrons. The molecule has 1 saturated heterocycles. The molecular formula is C11H18N2O2S3. The molecule has 18 heavy (non-hydrogen) atoms. The predicted molar refractivity (Wildman–Crippen MR) is 77.6 cm³/mol. The van der Waals surface area contributed by atoms with Gasteiger partial charge in [0.15, 0.2) is 0 Å². The molecule has 1 aromatic heterocycles. The van der Waals surface area contributed by atoms with Gasteiger partial charge in [-0.15, -0.1) is 11.3 Å². The fourth-order valence-electron chi connectivity index (χ4n) is 2.04. The highest BCUT2D eigenvalue weighted by atomic mass is 32.2. The van der Waals surface area contributed by atoms with Crippen molar-refractivity contribution < 1.29 is 8.42 Å². The van der Waals surface area contributed by atoms with Crippen LogP contribution in [-0.4, -0.2) is 37.3 Å². The van der Waals surface area contributed by atoms with E-state index < -0.39 is 10.0 Å². The number of hydrogen-bond donors (Lipinski definition) is 1. The lowest BCUT2D eigenvalue weighted by Crippen LogP contribution is -2.37. The van der Waals surface area contributed by atoms with Crippen molar-refractivity contribution in [3.8, 4) is 0 Å². The molecule has 4 nitrogen and oxygen atoms in total. The van der Waals surface area contributed by atoms with Crippen LogP contribution in [0.5, 0.6) is 0 Å². The van der Waals surface area contributed by atoms with Crippen LogP contribution in [0.2, 0.25) is 0 Å². The number of nitrogens with zero attached hydrogens (tertiary/aromatic N) is 1. The molecule has 0 bridgehead atoms. The van der Waals surface area contributed by atoms with Gasteiger partial charge in [-0.3, -0.25) is 0 Å². The van der Waals surface area contributed by atoms with Gasteiger partial charge < -0.3 is 5.73 Å². The standard InChI is InChI=1S/C11H18N2O2S3/c1-8-11(5-10(6-12)17-8)18(14,15)13(2)9-3-4-16-7-9/h5,9H,3-4,6-7,12H2,1-2H3. The lowest BCUT2D eigenvalue weighted by atomic mass is 10.3. The van der Waals surface area contributed by atoms with Crippen molar-refractivity contribution in [3.05, 3.63) is 15.8 Å². The van der Waals surface area contributed by atoms with Gasteiger partial charge >= 0.3 is 0 Å². The number of thioether (sulfide) groups is 1. The molecule has 2 heterocycles. The van der Waals surface area contributed by atoms with E-state index in [-0.39, 0.29) is 6.04 Å². The topological polar surface area (TPSA) is 63.4 Å². The number of nitrogens with two attached hydrogens (primary N) is 1. The highest BCUT2D eigenvalue weighted by Crippen LogP contribution is 2.31. The minimum Gasteiger partial charge on any atom is -0.326 e. The fourth-order valence-corrected chi connectivity index (χ4v) is 6.27. The first-order chi connectivity index (χ1) is 8.46. The summed E-state index contributed by atoms with van der Waals surface area (Å²) in [5.41, 5.74) is 5.57. The number of hydrogen-bond acceptors (Lipinski definition) is 5. The molecule has 1 atom stereocenters. The Morgan fingerprint density at radius 2 is 2.28 bits per heavy atom. The van der Waals surface area contributed by atoms with E-state index in [9.17, 15) is 8.42 Å². The number of rotatable bonds is 4. The second-order valence-corrected chi connectivity index (χ2v) is 8.83. The summed E-state index contributed by atoms with van der Waals surface area (Å²) < 4.78 is 26.6. The summed E-state index contributed by atoms with van der Waals surface area (Å²) in [5.74, 6) is 1.93. The van der Waals surface area contributed by atoms with Crippen LogP contribution >= 0.6 is 23.1 Å². The van der Waals surface area contributed by atoms with Gasteiger partial charge in [0, 0.05) is 35.1 Å². The van der Waals surface area contributed by atoms with Crippen molar-refractivity contribution in [1.82, 2.24) is 4.31 Å². The lowest BCUT2D eigenvalue weighted by Gasteiger charge is -2.22. The van der Waals surface area contributed by atoms with Gasteiger partial charge in [0.1, 0.15) is 0 Å². The van der Waals surface area contributed by atoms with Crippen LogP contribution in [0.1, 0.15) is 16.2 Å². The smallest absolute Gasteiger partial charge is 0.244 e. The van der Waals surface area contributed by atoms with Crippen molar-refractivity contribution in [2.75, 3.05) is 18.6 Å². The van der Waals surface area contributed by atoms with Gasteiger partial charge in [-0.2, -0.15) is 16.1 Å². The van der Waals surface area contributed by atoms with E-state index in [2.05, 4.69) is 0 Å². The summed E-state index contributed by atoms with van der Waals surface area (Å²) in [4.78, 5) is 2.17. The third-order valence-electron chi connectivity index (χ3n) is 3.20. The molecule has 1 fully saturated rings. The van der Waals surface area contributed by atoms with Crippen LogP contribution in [0.15, 0.2) is 11.0 Å². The van der Waals surface area contributed by atoms with Gasteiger partial charge in [-0.05, 0) is 25.2 Å². The molecule has 2 N–H and O–H groups in total. The number of aryl methyl sites for hydroxylation is 1. The molecule has 1 unspecified atom stereocenters. The van der Waals surface area contributed by atoms with Crippen molar-refractivity contribution in [2.24, 2.45) is 5.73 Å². The van der Waals surface area contributed by atoms with Crippen molar-refractivity contribution >= 4 is 33.1 Å². The van der Waals surface area contributed by atoms with E-state index in [1.54, 1.807) is 13.1 Å². The first kappa shape index (κ1) is 14.3. The number of sulfonamides is 1. The lowest BCUT2D eigenvalue weighted by molar-refractivity contribution is 0.394. The van der Waals surface area contributed by atoms with Crippen LogP contribution in [0.4, 0.5) is 0 Å². The summed E-state index contributed by atoms with van der Waals surface area (Å²) in [7, 11) is -1.68. The van der Waals surface area contributed by atoms with Crippen molar-refractivity contribution in [2.45, 2.75) is 30.8 Å². The highest BCUT2D eigenvalue weighted by Gasteiger charge is 2.32. The zero-order chi connectivity index (χ0) is 13.3. The van der Waals surface area contributed by atoms with E-state index in [1.807, 2.05) is 18.7 Å². The average Bonchev–Trinajstić information content (AvgIpc) is 2.96. The van der Waals surface area contributed by atoms with Crippen molar-refractivity contribution in [3.63, 3.8) is 0 Å². The third-order valence-corrected chi connectivity index (χ3v) is 7.58. The molecular weight excluding hydrogens is 288 g/mol. The molecule has 0 amide bonds. The first-order valence-electron chi connectivity index (χ1n) is 5.82. The largest absolute Gasteiger partial charge is 0.326 e. The van der Waals surface area contributed by atoms with Crippen LogP contribution in [0, 0.1) is 6.92 Å². The molecule has 0 saturated carbocycles. The SMILES string of the molecule is Cc1sc(CN)cc1S(=O)(=O)N(C)C1CCSC1. The van der Waals surface area contributed by atoms with E-state index in [1.165, 1.54) is 15.6 Å². The van der Waals surface area contributed by atoms with E-state index >= 15 is 0 Å². The summed E-state index contributed by atoms with van der Waals surface area (Å²) in [6.45, 7) is 2.23. The monoisotopic (exact) mass is 306 g/mol. The summed E-state index contributed by atoms with van der Waals surface area (Å²) >= 11 is 3.28. The molecule has 1 aliphatic heterocycles. The van der Waals surface area contributed by atoms with Gasteiger partial charge in [0.25, 0.3) is 0 Å². The van der Waals surface area contributed by atoms with E-state index in [0.717, 1.165) is 27.7 Å². The fraction of sp³-hybridized carbons (Fsp3) is 0.636. The Morgan fingerprint density at radius 3 is 2.78 bits per heavy atom. The summed E-state index contributed by atoms with van der Waals surface area (Å²) in [5, 5.41) is 0. The molecule has 7 heteroatoms. The molecule has 102 valence electrons. The van der Waals surface area contributed by atoms with Crippen LogP contribution in [0.25, 0.3) is 0 Å². The van der Waals surface area contributed by atoms with Crippen LogP contribution in [-0.2, 0) is 16.6 Å².